The molecule has 0 saturated carbocycles. The molecule has 1 heterocycles. The van der Waals surface area contributed by atoms with Crippen molar-refractivity contribution < 1.29 is 9.53 Å². The van der Waals surface area contributed by atoms with Gasteiger partial charge in [0.15, 0.2) is 0 Å². The van der Waals surface area contributed by atoms with Crippen LogP contribution in [0.3, 0.4) is 0 Å². The molecule has 3 rings (SSSR count). The Labute approximate surface area is 141 Å². The Morgan fingerprint density at radius 1 is 1.17 bits per heavy atom. The first kappa shape index (κ1) is 15.8. The minimum Gasteiger partial charge on any atom is -0.383 e. The molecule has 23 heavy (non-hydrogen) atoms. The van der Waals surface area contributed by atoms with E-state index in [0.717, 1.165) is 11.3 Å². The first-order valence-corrected chi connectivity index (χ1v) is 7.88. The Balaban J connectivity index is 2.08. The molecule has 1 atom stereocenters. The zero-order valence-electron chi connectivity index (χ0n) is 13.2. The summed E-state index contributed by atoms with van der Waals surface area (Å²) in [4.78, 5) is 14.8. The van der Waals surface area contributed by atoms with E-state index in [2.05, 4.69) is 5.32 Å². The summed E-state index contributed by atoms with van der Waals surface area (Å²) in [7, 11) is 1.63. The molecular formula is C18H19ClN2O2. The lowest BCUT2D eigenvalue weighted by atomic mass is 9.93. The molecule has 4 nitrogen and oxygen atoms in total. The Morgan fingerprint density at radius 2 is 1.87 bits per heavy atom. The van der Waals surface area contributed by atoms with Gasteiger partial charge in [0, 0.05) is 24.4 Å². The van der Waals surface area contributed by atoms with Crippen molar-refractivity contribution in [2.75, 3.05) is 25.6 Å². The van der Waals surface area contributed by atoms with Crippen molar-refractivity contribution in [1.29, 1.82) is 0 Å². The molecule has 0 radical (unpaired) electrons. The lowest BCUT2D eigenvalue weighted by Gasteiger charge is -2.46. The topological polar surface area (TPSA) is 41.6 Å². The average molecular weight is 331 g/mol. The summed E-state index contributed by atoms with van der Waals surface area (Å²) in [5.74, 6) is -0.00569. The van der Waals surface area contributed by atoms with E-state index in [1.54, 1.807) is 7.11 Å². The number of para-hydroxylation sites is 1. The fourth-order valence-corrected chi connectivity index (χ4v) is 3.09. The van der Waals surface area contributed by atoms with Crippen LogP contribution in [0.1, 0.15) is 22.8 Å². The number of nitrogens with zero attached hydrogens (tertiary/aromatic N) is 1. The van der Waals surface area contributed by atoms with Crippen molar-refractivity contribution in [3.05, 3.63) is 64.7 Å². The normalized spacial score (nSPS) is 20.1. The standard InChI is InChI=1S/C18H19ClN2O2/c1-18(13-7-9-14(19)10-8-13)20-16-6-4-3-5-15(16)17(22)21(18)11-12-23-2/h3-10,20H,11-12H2,1-2H3. The van der Waals surface area contributed by atoms with Crippen molar-refractivity contribution in [1.82, 2.24) is 4.90 Å². The molecule has 0 fully saturated rings. The minimum atomic E-state index is -0.658. The summed E-state index contributed by atoms with van der Waals surface area (Å²) in [6, 6.07) is 15.1. The highest BCUT2D eigenvalue weighted by atomic mass is 35.5. The van der Waals surface area contributed by atoms with E-state index in [0.29, 0.717) is 23.7 Å². The van der Waals surface area contributed by atoms with Gasteiger partial charge in [0.25, 0.3) is 5.91 Å². The van der Waals surface area contributed by atoms with E-state index in [4.69, 9.17) is 16.3 Å². The Bertz CT molecular complexity index is 717. The second-order valence-electron chi connectivity index (χ2n) is 5.70. The van der Waals surface area contributed by atoms with Crippen molar-refractivity contribution >= 4 is 23.2 Å². The van der Waals surface area contributed by atoms with Gasteiger partial charge in [-0.15, -0.1) is 0 Å². The van der Waals surface area contributed by atoms with Gasteiger partial charge in [-0.25, -0.2) is 0 Å². The van der Waals surface area contributed by atoms with Crippen LogP contribution < -0.4 is 5.32 Å². The zero-order valence-corrected chi connectivity index (χ0v) is 13.9. The van der Waals surface area contributed by atoms with Gasteiger partial charge in [-0.3, -0.25) is 4.79 Å². The molecule has 1 amide bonds. The molecule has 1 N–H and O–H groups in total. The number of halogens is 1. The third-order valence-electron chi connectivity index (χ3n) is 4.25. The molecular weight excluding hydrogens is 312 g/mol. The monoisotopic (exact) mass is 330 g/mol. The van der Waals surface area contributed by atoms with Gasteiger partial charge >= 0.3 is 0 Å². The second kappa shape index (κ2) is 6.22. The Morgan fingerprint density at radius 3 is 2.57 bits per heavy atom. The van der Waals surface area contributed by atoms with E-state index in [1.807, 2.05) is 60.4 Å². The predicted octanol–water partition coefficient (Wildman–Crippen LogP) is 3.73. The summed E-state index contributed by atoms with van der Waals surface area (Å²) in [6.07, 6.45) is 0. The van der Waals surface area contributed by atoms with Crippen LogP contribution in [0.25, 0.3) is 0 Å². The van der Waals surface area contributed by atoms with E-state index < -0.39 is 5.66 Å². The fourth-order valence-electron chi connectivity index (χ4n) is 2.97. The van der Waals surface area contributed by atoms with Gasteiger partial charge in [-0.2, -0.15) is 0 Å². The van der Waals surface area contributed by atoms with Crippen molar-refractivity contribution in [2.45, 2.75) is 12.6 Å². The maximum atomic E-state index is 13.0. The summed E-state index contributed by atoms with van der Waals surface area (Å²) in [5, 5.41) is 4.17. The van der Waals surface area contributed by atoms with E-state index in [9.17, 15) is 4.79 Å². The fraction of sp³-hybridized carbons (Fsp3) is 0.278. The van der Waals surface area contributed by atoms with Crippen molar-refractivity contribution in [2.24, 2.45) is 0 Å². The molecule has 0 aromatic heterocycles. The van der Waals surface area contributed by atoms with Crippen LogP contribution >= 0.6 is 11.6 Å². The summed E-state index contributed by atoms with van der Waals surface area (Å²) in [6.45, 7) is 2.97. The maximum Gasteiger partial charge on any atom is 0.258 e. The number of rotatable bonds is 4. The van der Waals surface area contributed by atoms with Gasteiger partial charge in [-0.1, -0.05) is 35.9 Å². The molecule has 0 saturated heterocycles. The molecule has 1 aliphatic rings. The molecule has 120 valence electrons. The first-order valence-electron chi connectivity index (χ1n) is 7.50. The van der Waals surface area contributed by atoms with Crippen LogP contribution in [0.4, 0.5) is 5.69 Å². The van der Waals surface area contributed by atoms with Crippen LogP contribution in [0, 0.1) is 0 Å². The lowest BCUT2D eigenvalue weighted by molar-refractivity contribution is 0.0438. The largest absolute Gasteiger partial charge is 0.383 e. The Kier molecular flexibility index (Phi) is 4.28. The molecule has 1 unspecified atom stereocenters. The number of hydrogen-bond acceptors (Lipinski definition) is 3. The summed E-state index contributed by atoms with van der Waals surface area (Å²) >= 11 is 6.00. The van der Waals surface area contributed by atoms with Gasteiger partial charge in [0.1, 0.15) is 5.66 Å². The zero-order chi connectivity index (χ0) is 16.4. The smallest absolute Gasteiger partial charge is 0.258 e. The lowest BCUT2D eigenvalue weighted by Crippen LogP contribution is -2.56. The Hall–Kier alpha value is -2.04. The van der Waals surface area contributed by atoms with Gasteiger partial charge < -0.3 is 15.0 Å². The number of ether oxygens (including phenoxy) is 1. The minimum absolute atomic E-state index is 0.00569. The molecule has 1 aliphatic heterocycles. The van der Waals surface area contributed by atoms with Crippen LogP contribution in [0.5, 0.6) is 0 Å². The number of methoxy groups -OCH3 is 1. The molecule has 2 aromatic rings. The number of carbonyl (C=O) groups excluding carboxylic acids is 1. The maximum absolute atomic E-state index is 13.0. The van der Waals surface area contributed by atoms with Gasteiger partial charge in [-0.05, 0) is 36.8 Å². The van der Waals surface area contributed by atoms with Crippen molar-refractivity contribution in [3.63, 3.8) is 0 Å². The second-order valence-corrected chi connectivity index (χ2v) is 6.14. The van der Waals surface area contributed by atoms with Crippen LogP contribution in [0.15, 0.2) is 48.5 Å². The average Bonchev–Trinajstić information content (AvgIpc) is 2.55. The third-order valence-corrected chi connectivity index (χ3v) is 4.50. The number of hydrogen-bond donors (Lipinski definition) is 1. The molecule has 0 spiro atoms. The molecule has 5 heteroatoms. The quantitative estimate of drug-likeness (QED) is 0.928. The third kappa shape index (κ3) is 2.80. The van der Waals surface area contributed by atoms with Crippen LogP contribution in [-0.2, 0) is 10.4 Å². The van der Waals surface area contributed by atoms with Crippen LogP contribution in [-0.4, -0.2) is 31.1 Å². The number of carbonyl (C=O) groups is 1. The number of benzene rings is 2. The number of anilines is 1. The van der Waals surface area contributed by atoms with E-state index in [1.165, 1.54) is 0 Å². The SMILES string of the molecule is COCCN1C(=O)c2ccccc2NC1(C)c1ccc(Cl)cc1. The van der Waals surface area contributed by atoms with E-state index in [-0.39, 0.29) is 5.91 Å². The van der Waals surface area contributed by atoms with Gasteiger partial charge in [0.2, 0.25) is 0 Å². The first-order chi connectivity index (χ1) is 11.1. The van der Waals surface area contributed by atoms with Crippen LogP contribution in [0.2, 0.25) is 5.02 Å². The van der Waals surface area contributed by atoms with Gasteiger partial charge in [0.05, 0.1) is 12.2 Å². The highest BCUT2D eigenvalue weighted by Gasteiger charge is 2.42. The number of nitrogens with one attached hydrogen (secondary N) is 1. The highest BCUT2D eigenvalue weighted by Crippen LogP contribution is 2.37. The molecule has 0 bridgehead atoms. The predicted molar refractivity (Wildman–Crippen MR) is 91.8 cm³/mol. The number of fused-ring (bicyclic) bond motifs is 1. The molecule has 2 aromatic carbocycles. The summed E-state index contributed by atoms with van der Waals surface area (Å²) in [5.41, 5.74) is 1.83. The molecule has 0 aliphatic carbocycles. The number of amides is 1. The van der Waals surface area contributed by atoms with Crippen molar-refractivity contribution in [3.8, 4) is 0 Å². The van der Waals surface area contributed by atoms with E-state index >= 15 is 0 Å². The summed E-state index contributed by atoms with van der Waals surface area (Å²) < 4.78 is 5.19. The highest BCUT2D eigenvalue weighted by molar-refractivity contribution is 6.30.